The van der Waals surface area contributed by atoms with Gasteiger partial charge in [0.1, 0.15) is 0 Å². The van der Waals surface area contributed by atoms with Crippen LogP contribution in [-0.2, 0) is 4.74 Å². The van der Waals surface area contributed by atoms with Gasteiger partial charge in [0.2, 0.25) is 0 Å². The number of aliphatic hydroxyl groups excluding tert-OH is 1. The number of likely N-dealkylation sites (tertiary alicyclic amines) is 1. The zero-order chi connectivity index (χ0) is 11.5. The van der Waals surface area contributed by atoms with Crippen molar-refractivity contribution >= 4 is 0 Å². The fourth-order valence-electron chi connectivity index (χ4n) is 3.08. The summed E-state index contributed by atoms with van der Waals surface area (Å²) in [5, 5.41) is 9.48. The minimum atomic E-state index is -0.172. The molecular formula is C13H25NO2. The highest BCUT2D eigenvalue weighted by molar-refractivity contribution is 4.84. The van der Waals surface area contributed by atoms with Gasteiger partial charge in [-0.05, 0) is 52.5 Å². The molecule has 94 valence electrons. The van der Waals surface area contributed by atoms with E-state index in [1.54, 1.807) is 0 Å². The van der Waals surface area contributed by atoms with Gasteiger partial charge in [-0.15, -0.1) is 0 Å². The molecule has 2 heterocycles. The van der Waals surface area contributed by atoms with Crippen LogP contribution in [0.4, 0.5) is 0 Å². The molecule has 2 rings (SSSR count). The Bertz CT molecular complexity index is 220. The van der Waals surface area contributed by atoms with E-state index in [4.69, 9.17) is 4.74 Å². The van der Waals surface area contributed by atoms with Crippen LogP contribution in [0.15, 0.2) is 0 Å². The molecule has 0 radical (unpaired) electrons. The van der Waals surface area contributed by atoms with Gasteiger partial charge < -0.3 is 9.84 Å². The van der Waals surface area contributed by atoms with Crippen molar-refractivity contribution in [2.24, 2.45) is 0 Å². The molecule has 3 heteroatoms. The van der Waals surface area contributed by atoms with Crippen LogP contribution < -0.4 is 0 Å². The second-order valence-corrected chi connectivity index (χ2v) is 5.52. The first kappa shape index (κ1) is 12.3. The Labute approximate surface area is 98.8 Å². The summed E-state index contributed by atoms with van der Waals surface area (Å²) in [6, 6.07) is 0.583. The molecule has 0 spiro atoms. The Morgan fingerprint density at radius 1 is 1.38 bits per heavy atom. The molecule has 4 atom stereocenters. The summed E-state index contributed by atoms with van der Waals surface area (Å²) >= 11 is 0. The van der Waals surface area contributed by atoms with Gasteiger partial charge in [-0.1, -0.05) is 0 Å². The maximum atomic E-state index is 9.48. The van der Waals surface area contributed by atoms with Gasteiger partial charge in [0, 0.05) is 12.6 Å². The summed E-state index contributed by atoms with van der Waals surface area (Å²) in [4.78, 5) is 2.52. The molecule has 0 saturated carbocycles. The summed E-state index contributed by atoms with van der Waals surface area (Å²) < 4.78 is 5.87. The number of aliphatic hydroxyl groups is 1. The van der Waals surface area contributed by atoms with Crippen LogP contribution in [0.2, 0.25) is 0 Å². The molecule has 2 saturated heterocycles. The van der Waals surface area contributed by atoms with E-state index in [2.05, 4.69) is 11.8 Å². The van der Waals surface area contributed by atoms with Crippen molar-refractivity contribution in [2.75, 3.05) is 13.1 Å². The van der Waals surface area contributed by atoms with Crippen LogP contribution in [0.5, 0.6) is 0 Å². The quantitative estimate of drug-likeness (QED) is 0.795. The second-order valence-electron chi connectivity index (χ2n) is 5.52. The highest BCUT2D eigenvalue weighted by Gasteiger charge is 2.30. The molecule has 2 aliphatic rings. The monoisotopic (exact) mass is 227 g/mol. The second kappa shape index (κ2) is 5.48. The van der Waals surface area contributed by atoms with Crippen molar-refractivity contribution in [3.8, 4) is 0 Å². The molecule has 2 aliphatic heterocycles. The summed E-state index contributed by atoms with van der Waals surface area (Å²) in [5.74, 6) is 0. The number of hydrogen-bond donors (Lipinski definition) is 1. The van der Waals surface area contributed by atoms with Gasteiger partial charge in [0.15, 0.2) is 0 Å². The fraction of sp³-hybridized carbons (Fsp3) is 1.00. The average Bonchev–Trinajstić information content (AvgIpc) is 2.77. The zero-order valence-corrected chi connectivity index (χ0v) is 10.6. The molecule has 1 N–H and O–H groups in total. The highest BCUT2D eigenvalue weighted by atomic mass is 16.5. The van der Waals surface area contributed by atoms with E-state index in [0.717, 1.165) is 13.0 Å². The van der Waals surface area contributed by atoms with Crippen LogP contribution in [-0.4, -0.2) is 47.4 Å². The number of ether oxygens (including phenoxy) is 1. The molecule has 4 unspecified atom stereocenters. The van der Waals surface area contributed by atoms with Crippen LogP contribution >= 0.6 is 0 Å². The van der Waals surface area contributed by atoms with Gasteiger partial charge in [-0.2, -0.15) is 0 Å². The molecule has 0 amide bonds. The van der Waals surface area contributed by atoms with E-state index in [1.165, 1.54) is 32.2 Å². The first-order valence-electron chi connectivity index (χ1n) is 6.72. The van der Waals surface area contributed by atoms with E-state index in [0.29, 0.717) is 18.2 Å². The first-order chi connectivity index (χ1) is 7.65. The van der Waals surface area contributed by atoms with E-state index in [9.17, 15) is 5.11 Å². The first-order valence-corrected chi connectivity index (χ1v) is 6.72. The van der Waals surface area contributed by atoms with Crippen molar-refractivity contribution in [3.63, 3.8) is 0 Å². The molecule has 0 aliphatic carbocycles. The predicted octanol–water partition coefficient (Wildman–Crippen LogP) is 1.79. The Balaban J connectivity index is 1.79. The van der Waals surface area contributed by atoms with Gasteiger partial charge >= 0.3 is 0 Å². The predicted molar refractivity (Wildman–Crippen MR) is 64.5 cm³/mol. The maximum Gasteiger partial charge on any atom is 0.0706 e. The lowest BCUT2D eigenvalue weighted by atomic mass is 10.1. The van der Waals surface area contributed by atoms with Crippen molar-refractivity contribution in [1.29, 1.82) is 0 Å². The fourth-order valence-corrected chi connectivity index (χ4v) is 3.08. The lowest BCUT2D eigenvalue weighted by molar-refractivity contribution is 0.0237. The average molecular weight is 227 g/mol. The SMILES string of the molecule is CC(O)CC1CCCN1CC1CCC(C)O1. The summed E-state index contributed by atoms with van der Waals surface area (Å²) in [6.45, 7) is 6.31. The molecule has 16 heavy (non-hydrogen) atoms. The van der Waals surface area contributed by atoms with Crippen LogP contribution in [0.1, 0.15) is 46.0 Å². The van der Waals surface area contributed by atoms with Gasteiger partial charge in [0.25, 0.3) is 0 Å². The van der Waals surface area contributed by atoms with Crippen LogP contribution in [0, 0.1) is 0 Å². The zero-order valence-electron chi connectivity index (χ0n) is 10.6. The van der Waals surface area contributed by atoms with Crippen LogP contribution in [0.3, 0.4) is 0 Å². The van der Waals surface area contributed by atoms with Gasteiger partial charge in [-0.25, -0.2) is 0 Å². The Morgan fingerprint density at radius 3 is 2.81 bits per heavy atom. The number of rotatable bonds is 4. The van der Waals surface area contributed by atoms with Crippen molar-refractivity contribution in [1.82, 2.24) is 4.90 Å². The smallest absolute Gasteiger partial charge is 0.0706 e. The Morgan fingerprint density at radius 2 is 2.19 bits per heavy atom. The summed E-state index contributed by atoms with van der Waals surface area (Å²) in [7, 11) is 0. The lowest BCUT2D eigenvalue weighted by Crippen LogP contribution is -2.37. The summed E-state index contributed by atoms with van der Waals surface area (Å²) in [6.07, 6.45) is 6.56. The highest BCUT2D eigenvalue weighted by Crippen LogP contribution is 2.26. The Kier molecular flexibility index (Phi) is 4.22. The van der Waals surface area contributed by atoms with Crippen molar-refractivity contribution in [2.45, 2.75) is 70.3 Å². The topological polar surface area (TPSA) is 32.7 Å². The van der Waals surface area contributed by atoms with Crippen molar-refractivity contribution in [3.05, 3.63) is 0 Å². The third kappa shape index (κ3) is 3.19. The van der Waals surface area contributed by atoms with E-state index in [1.807, 2.05) is 6.92 Å². The van der Waals surface area contributed by atoms with Gasteiger partial charge in [0.05, 0.1) is 18.3 Å². The number of hydrogen-bond acceptors (Lipinski definition) is 3. The molecule has 0 aromatic heterocycles. The third-order valence-electron chi connectivity index (χ3n) is 3.87. The van der Waals surface area contributed by atoms with Gasteiger partial charge in [-0.3, -0.25) is 4.90 Å². The minimum absolute atomic E-state index is 0.172. The summed E-state index contributed by atoms with van der Waals surface area (Å²) in [5.41, 5.74) is 0. The maximum absolute atomic E-state index is 9.48. The third-order valence-corrected chi connectivity index (χ3v) is 3.87. The normalized spacial score (nSPS) is 38.1. The molecule has 3 nitrogen and oxygen atoms in total. The van der Waals surface area contributed by atoms with E-state index in [-0.39, 0.29) is 6.10 Å². The molecule has 2 fully saturated rings. The minimum Gasteiger partial charge on any atom is -0.393 e. The van der Waals surface area contributed by atoms with Crippen molar-refractivity contribution < 1.29 is 9.84 Å². The van der Waals surface area contributed by atoms with E-state index < -0.39 is 0 Å². The van der Waals surface area contributed by atoms with Crippen LogP contribution in [0.25, 0.3) is 0 Å². The molecular weight excluding hydrogens is 202 g/mol. The molecule has 0 bridgehead atoms. The Hall–Kier alpha value is -0.120. The molecule has 0 aromatic rings. The molecule has 0 aromatic carbocycles. The number of nitrogens with zero attached hydrogens (tertiary/aromatic N) is 1. The standard InChI is InChI=1S/C13H25NO2/c1-10(15)8-12-4-3-7-14(12)9-13-6-5-11(2)16-13/h10-13,15H,3-9H2,1-2H3. The largest absolute Gasteiger partial charge is 0.393 e. The van der Waals surface area contributed by atoms with E-state index >= 15 is 0 Å². The lowest BCUT2D eigenvalue weighted by Gasteiger charge is -2.27.